The molecule has 0 saturated heterocycles. The molecule has 2 atom stereocenters. The quantitative estimate of drug-likeness (QED) is 0.258. The maximum atomic E-state index is 13.7. The van der Waals surface area contributed by atoms with Crippen molar-refractivity contribution >= 4 is 11.9 Å². The molecule has 0 aliphatic carbocycles. The number of nitrogens with zero attached hydrogens (tertiary/aromatic N) is 3. The number of aliphatic hydroxyl groups excluding tert-OH is 2. The molecule has 0 saturated carbocycles. The van der Waals surface area contributed by atoms with Crippen LogP contribution < -0.4 is 34.3 Å². The van der Waals surface area contributed by atoms with Crippen LogP contribution in [0.5, 0.6) is 5.75 Å². The van der Waals surface area contributed by atoms with Gasteiger partial charge in [0.05, 0.1) is 31.4 Å². The molecule has 0 bridgehead atoms. The van der Waals surface area contributed by atoms with Crippen LogP contribution in [0.1, 0.15) is 67.8 Å². The molecule has 1 heterocycles. The number of carbonyl (C=O) groups is 2. The van der Waals surface area contributed by atoms with Crippen molar-refractivity contribution in [3.8, 4) is 11.4 Å². The van der Waals surface area contributed by atoms with E-state index in [1.807, 2.05) is 13.8 Å². The smallest absolute Gasteiger partial charge is 1.00 e. The average Bonchev–Trinajstić information content (AvgIpc) is 3.27. The van der Waals surface area contributed by atoms with Crippen LogP contribution in [0.2, 0.25) is 0 Å². The number of ether oxygens (including phenoxy) is 1. The maximum Gasteiger partial charge on any atom is 1.00 e. The van der Waals surface area contributed by atoms with Crippen LogP contribution in [0.3, 0.4) is 0 Å². The third kappa shape index (κ3) is 9.08. The average molecular weight is 584 g/mol. The summed E-state index contributed by atoms with van der Waals surface area (Å²) in [7, 11) is 3.02. The van der Waals surface area contributed by atoms with Crippen LogP contribution >= 0.6 is 0 Å². The number of aromatic nitrogens is 2. The second kappa shape index (κ2) is 15.4. The Labute approximate surface area is 261 Å². The number of hydrogen-bond donors (Lipinski definition) is 3. The SMILES string of the molecule is COc1cc(F)ccc1CN(C)C(=O)c1nn(-c2ccc(F)cc2)c(CCC(O)CC(O)CC(=O)O)c1C(C)C.[H-].[Na+]. The van der Waals surface area contributed by atoms with Gasteiger partial charge in [-0.3, -0.25) is 9.59 Å². The number of benzene rings is 2. The number of amides is 1. The van der Waals surface area contributed by atoms with Gasteiger partial charge in [-0.25, -0.2) is 13.5 Å². The number of aliphatic carboxylic acids is 1. The molecule has 218 valence electrons. The van der Waals surface area contributed by atoms with Crippen molar-refractivity contribution < 1.29 is 69.4 Å². The molecule has 3 rings (SSSR count). The van der Waals surface area contributed by atoms with Gasteiger partial charge in [0.1, 0.15) is 17.4 Å². The summed E-state index contributed by atoms with van der Waals surface area (Å²) >= 11 is 0. The Hall–Kier alpha value is -2.83. The summed E-state index contributed by atoms with van der Waals surface area (Å²) in [5.74, 6) is -2.31. The Morgan fingerprint density at radius 3 is 2.29 bits per heavy atom. The molecule has 2 aromatic carbocycles. The fraction of sp³-hybridized carbons (Fsp3) is 0.414. The van der Waals surface area contributed by atoms with Gasteiger partial charge >= 0.3 is 35.5 Å². The molecule has 41 heavy (non-hydrogen) atoms. The van der Waals surface area contributed by atoms with Gasteiger partial charge in [0.15, 0.2) is 5.69 Å². The van der Waals surface area contributed by atoms with E-state index in [1.54, 1.807) is 17.8 Å². The van der Waals surface area contributed by atoms with E-state index in [1.165, 1.54) is 48.4 Å². The Morgan fingerprint density at radius 1 is 1.07 bits per heavy atom. The number of methoxy groups -OCH3 is 1. The van der Waals surface area contributed by atoms with Gasteiger partial charge < -0.3 is 26.4 Å². The van der Waals surface area contributed by atoms with Gasteiger partial charge in [-0.1, -0.05) is 19.9 Å². The Bertz CT molecular complexity index is 1340. The topological polar surface area (TPSA) is 125 Å². The molecular weight excluding hydrogens is 547 g/mol. The Balaban J connectivity index is 0.00000441. The summed E-state index contributed by atoms with van der Waals surface area (Å²) in [6.07, 6.45) is -2.39. The molecule has 0 aliphatic rings. The van der Waals surface area contributed by atoms with E-state index >= 15 is 0 Å². The summed E-state index contributed by atoms with van der Waals surface area (Å²) in [5, 5.41) is 33.9. The second-order valence-corrected chi connectivity index (χ2v) is 10.0. The van der Waals surface area contributed by atoms with Gasteiger partial charge in [0.2, 0.25) is 0 Å². The van der Waals surface area contributed by atoms with E-state index in [2.05, 4.69) is 5.10 Å². The minimum Gasteiger partial charge on any atom is -1.00 e. The van der Waals surface area contributed by atoms with Crippen molar-refractivity contribution in [3.63, 3.8) is 0 Å². The molecule has 2 unspecified atom stereocenters. The summed E-state index contributed by atoms with van der Waals surface area (Å²) < 4.78 is 34.2. The standard InChI is InChI=1S/C29H35F2N3O6.Na.H/c1-17(2)27-24(12-11-22(35)14-23(36)15-26(37)38)34(21-9-7-19(30)8-10-21)32-28(27)29(39)33(3)16-18-5-6-20(31)13-25(18)40-4;;/h5-10,13,17,22-23,35-36H,11-12,14-16H2,1-4H3,(H,37,38);;/q;+1;-1. The first-order chi connectivity index (χ1) is 18.9. The molecule has 0 aliphatic heterocycles. The number of carboxylic acid groups (broad SMARTS) is 1. The predicted molar refractivity (Wildman–Crippen MR) is 145 cm³/mol. The molecule has 3 N–H and O–H groups in total. The van der Waals surface area contributed by atoms with Crippen LogP contribution in [0.25, 0.3) is 5.69 Å². The van der Waals surface area contributed by atoms with Crippen molar-refractivity contribution in [1.29, 1.82) is 0 Å². The van der Waals surface area contributed by atoms with Crippen LogP contribution in [0.4, 0.5) is 8.78 Å². The van der Waals surface area contributed by atoms with E-state index < -0.39 is 42.1 Å². The van der Waals surface area contributed by atoms with Crippen molar-refractivity contribution in [2.45, 2.75) is 64.2 Å². The molecule has 0 radical (unpaired) electrons. The van der Waals surface area contributed by atoms with Crippen molar-refractivity contribution in [2.24, 2.45) is 0 Å². The summed E-state index contributed by atoms with van der Waals surface area (Å²) in [6.45, 7) is 3.93. The fourth-order valence-electron chi connectivity index (χ4n) is 4.64. The van der Waals surface area contributed by atoms with E-state index in [4.69, 9.17) is 9.84 Å². The first-order valence-corrected chi connectivity index (χ1v) is 12.9. The molecule has 1 amide bonds. The number of carboxylic acids is 1. The molecule has 9 nitrogen and oxygen atoms in total. The van der Waals surface area contributed by atoms with Crippen molar-refractivity contribution in [1.82, 2.24) is 14.7 Å². The van der Waals surface area contributed by atoms with Gasteiger partial charge in [-0.2, -0.15) is 5.10 Å². The third-order valence-corrected chi connectivity index (χ3v) is 6.54. The number of aliphatic hydroxyl groups is 2. The normalized spacial score (nSPS) is 12.5. The van der Waals surface area contributed by atoms with Crippen LogP contribution in [-0.2, 0) is 17.8 Å². The summed E-state index contributed by atoms with van der Waals surface area (Å²) in [5.41, 5.74) is 2.57. The number of rotatable bonds is 13. The van der Waals surface area contributed by atoms with Gasteiger partial charge in [0, 0.05) is 36.5 Å². The molecule has 3 aromatic rings. The van der Waals surface area contributed by atoms with E-state index in [9.17, 15) is 28.6 Å². The van der Waals surface area contributed by atoms with E-state index in [0.717, 1.165) is 0 Å². The van der Waals surface area contributed by atoms with E-state index in [-0.39, 0.29) is 68.4 Å². The number of halogens is 2. The maximum absolute atomic E-state index is 13.7. The van der Waals surface area contributed by atoms with Crippen molar-refractivity contribution in [3.05, 3.63) is 76.6 Å². The van der Waals surface area contributed by atoms with Crippen LogP contribution in [0, 0.1) is 11.6 Å². The van der Waals surface area contributed by atoms with Crippen LogP contribution in [-0.4, -0.2) is 68.2 Å². The first kappa shape index (κ1) is 34.4. The fourth-order valence-corrected chi connectivity index (χ4v) is 4.64. The number of carbonyl (C=O) groups excluding carboxylic acids is 1. The largest absolute Gasteiger partial charge is 1.00 e. The zero-order valence-corrected chi connectivity index (χ0v) is 26.0. The molecule has 1 aromatic heterocycles. The zero-order valence-electron chi connectivity index (χ0n) is 25.0. The first-order valence-electron chi connectivity index (χ1n) is 12.9. The third-order valence-electron chi connectivity index (χ3n) is 6.54. The van der Waals surface area contributed by atoms with Gasteiger partial charge in [0.25, 0.3) is 5.91 Å². The number of hydrogen-bond acceptors (Lipinski definition) is 6. The predicted octanol–water partition coefficient (Wildman–Crippen LogP) is 1.19. The molecular formula is C29H36F2N3NaO6. The Kier molecular flexibility index (Phi) is 12.9. The molecule has 12 heteroatoms. The van der Waals surface area contributed by atoms with Crippen molar-refractivity contribution in [2.75, 3.05) is 14.2 Å². The van der Waals surface area contributed by atoms with Crippen LogP contribution in [0.15, 0.2) is 42.5 Å². The zero-order chi connectivity index (χ0) is 29.6. The monoisotopic (exact) mass is 583 g/mol. The minimum atomic E-state index is -1.20. The van der Waals surface area contributed by atoms with E-state index in [0.29, 0.717) is 28.3 Å². The summed E-state index contributed by atoms with van der Waals surface area (Å²) in [4.78, 5) is 26.0. The van der Waals surface area contributed by atoms with Gasteiger partial charge in [-0.05, 0) is 55.5 Å². The Morgan fingerprint density at radius 2 is 1.71 bits per heavy atom. The molecule has 0 spiro atoms. The second-order valence-electron chi connectivity index (χ2n) is 10.0. The minimum absolute atomic E-state index is 0. The van der Waals surface area contributed by atoms with Gasteiger partial charge in [-0.15, -0.1) is 0 Å². The summed E-state index contributed by atoms with van der Waals surface area (Å²) in [6, 6.07) is 9.70. The molecule has 0 fully saturated rings.